The van der Waals surface area contributed by atoms with E-state index in [2.05, 4.69) is 15.8 Å². The molecular formula is C21H21N3O3. The van der Waals surface area contributed by atoms with Crippen molar-refractivity contribution < 1.29 is 14.3 Å². The topological polar surface area (TPSA) is 72.0 Å². The summed E-state index contributed by atoms with van der Waals surface area (Å²) >= 11 is 0. The molecule has 3 aromatic rings. The predicted octanol–water partition coefficient (Wildman–Crippen LogP) is 3.42. The van der Waals surface area contributed by atoms with Crippen molar-refractivity contribution in [2.24, 2.45) is 5.10 Å². The number of nitrogens with zero attached hydrogens (tertiary/aromatic N) is 1. The molecule has 1 amide bonds. The number of fused-ring (bicyclic) bond motifs is 1. The van der Waals surface area contributed by atoms with Gasteiger partial charge >= 0.3 is 0 Å². The van der Waals surface area contributed by atoms with Gasteiger partial charge in [-0.05, 0) is 29.7 Å². The summed E-state index contributed by atoms with van der Waals surface area (Å²) in [5, 5.41) is 9.09. The van der Waals surface area contributed by atoms with Gasteiger partial charge in [0.1, 0.15) is 11.5 Å². The van der Waals surface area contributed by atoms with Gasteiger partial charge in [0.05, 0.1) is 32.7 Å². The van der Waals surface area contributed by atoms with Crippen LogP contribution in [0.4, 0.5) is 5.69 Å². The van der Waals surface area contributed by atoms with E-state index in [1.165, 1.54) is 0 Å². The molecule has 0 atom stereocenters. The van der Waals surface area contributed by atoms with Gasteiger partial charge in [-0.3, -0.25) is 4.79 Å². The van der Waals surface area contributed by atoms with E-state index in [1.54, 1.807) is 20.4 Å². The highest BCUT2D eigenvalue weighted by Gasteiger charge is 2.06. The average molecular weight is 363 g/mol. The number of hydrogen-bond donors (Lipinski definition) is 2. The van der Waals surface area contributed by atoms with Crippen molar-refractivity contribution in [2.45, 2.75) is 0 Å². The second-order valence-corrected chi connectivity index (χ2v) is 5.75. The largest absolute Gasteiger partial charge is 0.496 e. The molecule has 0 aromatic heterocycles. The molecule has 0 fully saturated rings. The SMILES string of the molecule is COc1ccccc1NCC(=O)N/N=C/c1ccc(OC)c2ccccc12. The van der Waals surface area contributed by atoms with Gasteiger partial charge < -0.3 is 14.8 Å². The number of hydrogen-bond acceptors (Lipinski definition) is 5. The first-order valence-electron chi connectivity index (χ1n) is 8.47. The molecule has 0 saturated heterocycles. The van der Waals surface area contributed by atoms with Crippen molar-refractivity contribution in [3.63, 3.8) is 0 Å². The zero-order chi connectivity index (χ0) is 19.1. The number of nitrogens with one attached hydrogen (secondary N) is 2. The van der Waals surface area contributed by atoms with E-state index in [9.17, 15) is 4.79 Å². The van der Waals surface area contributed by atoms with Crippen molar-refractivity contribution >= 4 is 28.6 Å². The Labute approximate surface area is 157 Å². The Morgan fingerprint density at radius 1 is 0.926 bits per heavy atom. The Hall–Kier alpha value is -3.54. The third kappa shape index (κ3) is 4.36. The van der Waals surface area contributed by atoms with E-state index in [1.807, 2.05) is 60.7 Å². The van der Waals surface area contributed by atoms with Crippen LogP contribution in [0.5, 0.6) is 11.5 Å². The average Bonchev–Trinajstić information content (AvgIpc) is 2.72. The summed E-state index contributed by atoms with van der Waals surface area (Å²) < 4.78 is 10.6. The predicted molar refractivity (Wildman–Crippen MR) is 108 cm³/mol. The number of hydrazone groups is 1. The molecule has 0 aliphatic heterocycles. The van der Waals surface area contributed by atoms with Gasteiger partial charge in [-0.2, -0.15) is 5.10 Å². The van der Waals surface area contributed by atoms with E-state index in [-0.39, 0.29) is 12.5 Å². The summed E-state index contributed by atoms with van der Waals surface area (Å²) in [7, 11) is 3.23. The second kappa shape index (κ2) is 8.71. The molecule has 3 aromatic carbocycles. The zero-order valence-corrected chi connectivity index (χ0v) is 15.2. The number of carbonyl (C=O) groups is 1. The monoisotopic (exact) mass is 363 g/mol. The minimum Gasteiger partial charge on any atom is -0.496 e. The highest BCUT2D eigenvalue weighted by Crippen LogP contribution is 2.27. The highest BCUT2D eigenvalue weighted by atomic mass is 16.5. The zero-order valence-electron chi connectivity index (χ0n) is 15.2. The molecule has 0 aliphatic carbocycles. The Kier molecular flexibility index (Phi) is 5.89. The van der Waals surface area contributed by atoms with Crippen molar-refractivity contribution in [1.82, 2.24) is 5.43 Å². The summed E-state index contributed by atoms with van der Waals surface area (Å²) in [6.07, 6.45) is 1.63. The highest BCUT2D eigenvalue weighted by molar-refractivity contribution is 6.02. The van der Waals surface area contributed by atoms with E-state index in [0.717, 1.165) is 27.8 Å². The number of ether oxygens (including phenoxy) is 2. The number of rotatable bonds is 7. The maximum Gasteiger partial charge on any atom is 0.259 e. The molecule has 0 radical (unpaired) electrons. The lowest BCUT2D eigenvalue weighted by Gasteiger charge is -2.10. The maximum atomic E-state index is 12.0. The standard InChI is InChI=1S/C21H21N3O3/c1-26-19-12-11-15(16-7-3-4-8-17(16)19)13-23-24-21(25)14-22-18-9-5-6-10-20(18)27-2/h3-13,22H,14H2,1-2H3,(H,24,25)/b23-13+. The van der Waals surface area contributed by atoms with Gasteiger partial charge in [-0.1, -0.05) is 36.4 Å². The molecule has 0 heterocycles. The number of anilines is 1. The minimum absolute atomic E-state index is 0.0844. The summed E-state index contributed by atoms with van der Waals surface area (Å²) in [6, 6.07) is 19.1. The van der Waals surface area contributed by atoms with Crippen molar-refractivity contribution in [1.29, 1.82) is 0 Å². The fourth-order valence-corrected chi connectivity index (χ4v) is 2.76. The quantitative estimate of drug-likeness (QED) is 0.498. The molecular weight excluding hydrogens is 342 g/mol. The maximum absolute atomic E-state index is 12.0. The van der Waals surface area contributed by atoms with Crippen LogP contribution in [0.25, 0.3) is 10.8 Å². The van der Waals surface area contributed by atoms with Crippen LogP contribution < -0.4 is 20.2 Å². The molecule has 3 rings (SSSR count). The Bertz CT molecular complexity index is 970. The van der Waals surface area contributed by atoms with Crippen LogP contribution in [0.15, 0.2) is 65.8 Å². The molecule has 0 spiro atoms. The van der Waals surface area contributed by atoms with E-state index in [4.69, 9.17) is 9.47 Å². The van der Waals surface area contributed by atoms with Gasteiger partial charge in [0.2, 0.25) is 0 Å². The molecule has 27 heavy (non-hydrogen) atoms. The summed E-state index contributed by atoms with van der Waals surface area (Å²) in [5.41, 5.74) is 4.17. The Morgan fingerprint density at radius 3 is 2.41 bits per heavy atom. The first-order chi connectivity index (χ1) is 13.2. The van der Waals surface area contributed by atoms with Gasteiger partial charge in [-0.15, -0.1) is 0 Å². The van der Waals surface area contributed by atoms with Crippen LogP contribution in [-0.4, -0.2) is 32.9 Å². The van der Waals surface area contributed by atoms with Crippen molar-refractivity contribution in [2.75, 3.05) is 26.1 Å². The molecule has 6 heteroatoms. The van der Waals surface area contributed by atoms with Gasteiger partial charge in [-0.25, -0.2) is 5.43 Å². The van der Waals surface area contributed by atoms with Gasteiger partial charge in [0.25, 0.3) is 5.91 Å². The molecule has 6 nitrogen and oxygen atoms in total. The van der Waals surface area contributed by atoms with E-state index in [0.29, 0.717) is 5.75 Å². The summed E-state index contributed by atoms with van der Waals surface area (Å²) in [6.45, 7) is 0.0844. The third-order valence-corrected chi connectivity index (χ3v) is 4.08. The number of para-hydroxylation sites is 2. The van der Waals surface area contributed by atoms with Gasteiger partial charge in [0.15, 0.2) is 0 Å². The lowest BCUT2D eigenvalue weighted by Crippen LogP contribution is -2.26. The number of amides is 1. The smallest absolute Gasteiger partial charge is 0.259 e. The Balaban J connectivity index is 1.64. The first-order valence-corrected chi connectivity index (χ1v) is 8.47. The first kappa shape index (κ1) is 18.3. The fraction of sp³-hybridized carbons (Fsp3) is 0.143. The molecule has 138 valence electrons. The van der Waals surface area contributed by atoms with Crippen molar-refractivity contribution in [3.05, 3.63) is 66.2 Å². The van der Waals surface area contributed by atoms with Crippen LogP contribution in [0, 0.1) is 0 Å². The Morgan fingerprint density at radius 2 is 1.63 bits per heavy atom. The van der Waals surface area contributed by atoms with E-state index < -0.39 is 0 Å². The summed E-state index contributed by atoms with van der Waals surface area (Å²) in [4.78, 5) is 12.0. The van der Waals surface area contributed by atoms with Crippen LogP contribution in [0.3, 0.4) is 0 Å². The van der Waals surface area contributed by atoms with Crippen LogP contribution in [0.1, 0.15) is 5.56 Å². The van der Waals surface area contributed by atoms with Gasteiger partial charge in [0, 0.05) is 10.9 Å². The minimum atomic E-state index is -0.255. The third-order valence-electron chi connectivity index (χ3n) is 4.08. The normalized spacial score (nSPS) is 10.7. The molecule has 0 unspecified atom stereocenters. The van der Waals surface area contributed by atoms with Crippen LogP contribution >= 0.6 is 0 Å². The van der Waals surface area contributed by atoms with Crippen LogP contribution in [0.2, 0.25) is 0 Å². The van der Waals surface area contributed by atoms with Crippen molar-refractivity contribution in [3.8, 4) is 11.5 Å². The molecule has 2 N–H and O–H groups in total. The van der Waals surface area contributed by atoms with E-state index >= 15 is 0 Å². The number of carbonyl (C=O) groups excluding carboxylic acids is 1. The molecule has 0 saturated carbocycles. The molecule has 0 bridgehead atoms. The lowest BCUT2D eigenvalue weighted by atomic mass is 10.0. The lowest BCUT2D eigenvalue weighted by molar-refractivity contribution is -0.119. The second-order valence-electron chi connectivity index (χ2n) is 5.75. The van der Waals surface area contributed by atoms with Crippen LogP contribution in [-0.2, 0) is 4.79 Å². The number of methoxy groups -OCH3 is 2. The summed E-state index contributed by atoms with van der Waals surface area (Å²) in [5.74, 6) is 1.22. The molecule has 0 aliphatic rings. The fourth-order valence-electron chi connectivity index (χ4n) is 2.76. The number of benzene rings is 3.